The first kappa shape index (κ1) is 19.0. The second kappa shape index (κ2) is 6.58. The van der Waals surface area contributed by atoms with Crippen LogP contribution in [0.1, 0.15) is 73.1 Å². The van der Waals surface area contributed by atoms with Crippen molar-refractivity contribution in [2.45, 2.75) is 97.0 Å². The fraction of sp³-hybridized carbons (Fsp3) is 0.895. The quantitative estimate of drug-likeness (QED) is 0.491. The predicted octanol–water partition coefficient (Wildman–Crippen LogP) is 5.95. The molecule has 0 bridgehead atoms. The molecule has 21 heavy (non-hydrogen) atoms. The summed E-state index contributed by atoms with van der Waals surface area (Å²) in [6.45, 7) is 20.6. The summed E-state index contributed by atoms with van der Waals surface area (Å²) in [7, 11) is -1.61. The van der Waals surface area contributed by atoms with Crippen LogP contribution in [0.25, 0.3) is 0 Å². The molecule has 2 heteroatoms. The lowest BCUT2D eigenvalue weighted by Crippen LogP contribution is -2.49. The Morgan fingerprint density at radius 1 is 1.33 bits per heavy atom. The minimum Gasteiger partial charge on any atom is -0.397 e. The summed E-state index contributed by atoms with van der Waals surface area (Å²) in [5.74, 6) is 0.651. The molecule has 1 aliphatic rings. The zero-order valence-electron chi connectivity index (χ0n) is 15.6. The van der Waals surface area contributed by atoms with Crippen molar-refractivity contribution >= 4 is 8.07 Å². The van der Waals surface area contributed by atoms with Gasteiger partial charge in [-0.3, -0.25) is 0 Å². The van der Waals surface area contributed by atoms with Crippen molar-refractivity contribution in [3.8, 4) is 0 Å². The van der Waals surface area contributed by atoms with E-state index in [2.05, 4.69) is 54.3 Å². The van der Waals surface area contributed by atoms with Gasteiger partial charge in [-0.2, -0.15) is 0 Å². The third kappa shape index (κ3) is 4.45. The van der Waals surface area contributed by atoms with Gasteiger partial charge in [0.1, 0.15) is 0 Å². The van der Waals surface area contributed by atoms with Crippen LogP contribution in [0.5, 0.6) is 0 Å². The lowest BCUT2D eigenvalue weighted by Gasteiger charge is -2.42. The van der Waals surface area contributed by atoms with E-state index >= 15 is 0 Å². The number of aliphatic hydroxyl groups excluding tert-OH is 1. The highest BCUT2D eigenvalue weighted by Gasteiger charge is 2.41. The van der Waals surface area contributed by atoms with Gasteiger partial charge in [0.15, 0.2) is 0 Å². The van der Waals surface area contributed by atoms with Crippen molar-refractivity contribution in [2.24, 2.45) is 11.3 Å². The summed E-state index contributed by atoms with van der Waals surface area (Å²) in [4.78, 5) is 0. The van der Waals surface area contributed by atoms with Gasteiger partial charge in [-0.15, -0.1) is 0 Å². The second-order valence-corrected chi connectivity index (χ2v) is 15.1. The largest absolute Gasteiger partial charge is 0.397 e. The van der Waals surface area contributed by atoms with Crippen LogP contribution in [0.2, 0.25) is 18.1 Å². The Bertz CT molecular complexity index is 362. The van der Waals surface area contributed by atoms with Gasteiger partial charge in [0.25, 0.3) is 0 Å². The molecule has 1 N–H and O–H groups in total. The van der Waals surface area contributed by atoms with E-state index in [9.17, 15) is 5.11 Å². The maximum atomic E-state index is 10.7. The first-order valence-corrected chi connectivity index (χ1v) is 11.8. The summed E-state index contributed by atoms with van der Waals surface area (Å²) in [5, 5.41) is 10.9. The Hall–Kier alpha value is -0.0831. The fourth-order valence-corrected chi connectivity index (χ4v) is 5.57. The van der Waals surface area contributed by atoms with E-state index in [0.29, 0.717) is 11.3 Å². The molecule has 2 atom stereocenters. The van der Waals surface area contributed by atoms with Gasteiger partial charge in [0, 0.05) is 5.73 Å². The second-order valence-electron chi connectivity index (χ2n) is 9.47. The molecule has 0 saturated heterocycles. The molecule has 2 unspecified atom stereocenters. The molecule has 0 radical (unpaired) electrons. The number of aliphatic hydroxyl groups is 1. The lowest BCUT2D eigenvalue weighted by atomic mass is 9.65. The molecule has 124 valence electrons. The third-order valence-corrected chi connectivity index (χ3v) is 12.3. The van der Waals surface area contributed by atoms with E-state index in [0.717, 1.165) is 12.8 Å². The van der Waals surface area contributed by atoms with Gasteiger partial charge in [-0.1, -0.05) is 66.3 Å². The molecule has 1 aliphatic carbocycles. The van der Waals surface area contributed by atoms with Crippen molar-refractivity contribution in [1.82, 2.24) is 0 Å². The topological polar surface area (TPSA) is 20.2 Å². The van der Waals surface area contributed by atoms with Crippen LogP contribution >= 0.6 is 0 Å². The van der Waals surface area contributed by atoms with E-state index in [1.54, 1.807) is 0 Å². The highest BCUT2D eigenvalue weighted by atomic mass is 28.3. The molecular weight excluding hydrogens is 272 g/mol. The maximum absolute atomic E-state index is 10.7. The predicted molar refractivity (Wildman–Crippen MR) is 97.3 cm³/mol. The van der Waals surface area contributed by atoms with Crippen LogP contribution in [-0.4, -0.2) is 18.9 Å². The molecule has 0 amide bonds. The van der Waals surface area contributed by atoms with Crippen molar-refractivity contribution in [3.63, 3.8) is 0 Å². The summed E-state index contributed by atoms with van der Waals surface area (Å²) in [6.07, 6.45) is 7.14. The van der Waals surface area contributed by atoms with E-state index in [1.165, 1.54) is 31.3 Å². The molecule has 0 aliphatic heterocycles. The monoisotopic (exact) mass is 310 g/mol. The number of hydrogen-bond donors (Lipinski definition) is 1. The van der Waals surface area contributed by atoms with Gasteiger partial charge < -0.3 is 5.11 Å². The van der Waals surface area contributed by atoms with E-state index in [-0.39, 0.29) is 10.8 Å². The van der Waals surface area contributed by atoms with E-state index in [4.69, 9.17) is 0 Å². The van der Waals surface area contributed by atoms with Crippen molar-refractivity contribution in [1.29, 1.82) is 0 Å². The minimum absolute atomic E-state index is 0.0857. The van der Waals surface area contributed by atoms with Crippen molar-refractivity contribution in [3.05, 3.63) is 12.2 Å². The van der Waals surface area contributed by atoms with Crippen LogP contribution in [0.15, 0.2) is 12.2 Å². The minimum atomic E-state index is -1.61. The summed E-state index contributed by atoms with van der Waals surface area (Å²) < 4.78 is 0. The zero-order valence-corrected chi connectivity index (χ0v) is 16.6. The molecule has 1 fully saturated rings. The fourth-order valence-electron chi connectivity index (χ4n) is 3.64. The van der Waals surface area contributed by atoms with E-state index in [1.807, 2.05) is 0 Å². The summed E-state index contributed by atoms with van der Waals surface area (Å²) in [6, 6.07) is 0. The van der Waals surface area contributed by atoms with Crippen LogP contribution in [0.3, 0.4) is 0 Å². The molecule has 0 spiro atoms. The number of rotatable bonds is 5. The molecule has 1 rings (SSSR count). The van der Waals surface area contributed by atoms with Crippen LogP contribution in [0.4, 0.5) is 0 Å². The Labute approximate surface area is 134 Å². The zero-order chi connectivity index (χ0) is 16.5. The SMILES string of the molecule is C=C1CCCC(C)(C)C1CCCC(O)[Si](C)(C)C(C)(C)C. The standard InChI is InChI=1S/C19H38OSi/c1-15-11-10-14-19(5,6)16(15)12-9-13-17(20)21(7,8)18(2,3)4/h16-17,20H,1,9-14H2,2-8H3. The molecule has 0 aromatic carbocycles. The van der Waals surface area contributed by atoms with Crippen molar-refractivity contribution < 1.29 is 5.11 Å². The Morgan fingerprint density at radius 2 is 1.90 bits per heavy atom. The number of allylic oxidation sites excluding steroid dienone is 1. The highest BCUT2D eigenvalue weighted by Crippen LogP contribution is 2.46. The average molecular weight is 311 g/mol. The smallest absolute Gasteiger partial charge is 0.0864 e. The van der Waals surface area contributed by atoms with Crippen molar-refractivity contribution in [2.75, 3.05) is 0 Å². The van der Waals surface area contributed by atoms with E-state index < -0.39 is 8.07 Å². The number of hydrogen-bond acceptors (Lipinski definition) is 1. The van der Waals surface area contributed by atoms with Gasteiger partial charge in [-0.05, 0) is 48.5 Å². The first-order chi connectivity index (χ1) is 9.39. The molecule has 1 nitrogen and oxygen atoms in total. The first-order valence-electron chi connectivity index (χ1n) is 8.75. The van der Waals surface area contributed by atoms with Crippen LogP contribution < -0.4 is 0 Å². The van der Waals surface area contributed by atoms with Crippen LogP contribution in [0, 0.1) is 11.3 Å². The van der Waals surface area contributed by atoms with Crippen LogP contribution in [-0.2, 0) is 0 Å². The molecule has 0 aromatic heterocycles. The normalized spacial score (nSPS) is 25.0. The lowest BCUT2D eigenvalue weighted by molar-refractivity contribution is 0.166. The molecule has 0 heterocycles. The Balaban J connectivity index is 2.55. The van der Waals surface area contributed by atoms with Gasteiger partial charge in [0.05, 0.1) is 8.07 Å². The average Bonchev–Trinajstić information content (AvgIpc) is 2.30. The van der Waals surface area contributed by atoms with Gasteiger partial charge in [0.2, 0.25) is 0 Å². The van der Waals surface area contributed by atoms with Gasteiger partial charge in [-0.25, -0.2) is 0 Å². The maximum Gasteiger partial charge on any atom is 0.0864 e. The summed E-state index contributed by atoms with van der Waals surface area (Å²) in [5.41, 5.74) is 1.77. The Kier molecular flexibility index (Phi) is 5.94. The molecule has 0 aromatic rings. The summed E-state index contributed by atoms with van der Waals surface area (Å²) >= 11 is 0. The Morgan fingerprint density at radius 3 is 2.38 bits per heavy atom. The highest BCUT2D eigenvalue weighted by molar-refractivity contribution is 6.81. The van der Waals surface area contributed by atoms with Gasteiger partial charge >= 0.3 is 0 Å². The molecule has 1 saturated carbocycles. The molecular formula is C19H38OSi. The third-order valence-electron chi connectivity index (χ3n) is 6.49.